The van der Waals surface area contributed by atoms with E-state index in [9.17, 15) is 14.4 Å². The standard InChI is InChI=1S/C76H132O6/c1-4-7-10-13-16-19-22-25-28-30-32-34-36-37-38-39-41-42-44-46-48-51-54-57-60-63-66-69-75(78)81-72-73(71-80-74(77)68-65-62-59-56-53-50-27-24-21-18-15-12-9-6-3)82-76(79)70-67-64-61-58-55-52-49-47-45-43-40-35-33-31-29-26-23-20-17-14-11-8-5-2/h8,11,17,20,26,29-30,32-33,35,43,45,49,52,58,61,73H,4-7,9-10,12-16,18-19,21-25,27-28,31,34,36-42,44,46-48,50-51,53-57,59-60,62-72H2,1-3H3/b11-8-,20-17-,29-26-,32-30-,35-33-,45-43-,52-49-,61-58-. The molecule has 0 spiro atoms. The second-order valence-corrected chi connectivity index (χ2v) is 23.4. The second kappa shape index (κ2) is 69.8. The van der Waals surface area contributed by atoms with Gasteiger partial charge in [0, 0.05) is 19.3 Å². The number of rotatable bonds is 64. The van der Waals surface area contributed by atoms with Gasteiger partial charge in [0.25, 0.3) is 0 Å². The van der Waals surface area contributed by atoms with E-state index in [0.717, 1.165) is 89.9 Å². The first kappa shape index (κ1) is 78.3. The summed E-state index contributed by atoms with van der Waals surface area (Å²) in [5.41, 5.74) is 0. The highest BCUT2D eigenvalue weighted by molar-refractivity contribution is 5.71. The summed E-state index contributed by atoms with van der Waals surface area (Å²) in [5, 5.41) is 0. The van der Waals surface area contributed by atoms with Gasteiger partial charge in [-0.05, 0) is 96.3 Å². The van der Waals surface area contributed by atoms with Gasteiger partial charge in [0.05, 0.1) is 0 Å². The van der Waals surface area contributed by atoms with Crippen LogP contribution < -0.4 is 0 Å². The van der Waals surface area contributed by atoms with Crippen LogP contribution >= 0.6 is 0 Å². The molecule has 0 aliphatic carbocycles. The van der Waals surface area contributed by atoms with Gasteiger partial charge in [-0.25, -0.2) is 0 Å². The highest BCUT2D eigenvalue weighted by atomic mass is 16.6. The summed E-state index contributed by atoms with van der Waals surface area (Å²) in [5.74, 6) is -0.941. The Morgan fingerprint density at radius 3 is 0.793 bits per heavy atom. The SMILES string of the molecule is CC/C=C\C/C=C\C/C=C\C/C=C\C/C=C\C/C=C\C/C=C\CCCC(=O)OC(COC(=O)CCCCCCCCCCCCCCCC)COC(=O)CCCCCCCCCCCCCCCCC/C=C\CCCCCCCCCC. The van der Waals surface area contributed by atoms with Crippen molar-refractivity contribution < 1.29 is 28.6 Å². The van der Waals surface area contributed by atoms with E-state index in [-0.39, 0.29) is 37.5 Å². The first-order valence-electron chi connectivity index (χ1n) is 35.2. The van der Waals surface area contributed by atoms with Crippen LogP contribution in [0.5, 0.6) is 0 Å². The third-order valence-electron chi connectivity index (χ3n) is 15.3. The van der Waals surface area contributed by atoms with Crippen LogP contribution in [0.25, 0.3) is 0 Å². The molecule has 0 aromatic rings. The van der Waals surface area contributed by atoms with E-state index in [4.69, 9.17) is 14.2 Å². The molecule has 0 N–H and O–H groups in total. The van der Waals surface area contributed by atoms with Crippen molar-refractivity contribution in [3.63, 3.8) is 0 Å². The minimum Gasteiger partial charge on any atom is -0.462 e. The van der Waals surface area contributed by atoms with Crippen LogP contribution in [0.15, 0.2) is 97.2 Å². The van der Waals surface area contributed by atoms with Gasteiger partial charge in [-0.2, -0.15) is 0 Å². The van der Waals surface area contributed by atoms with E-state index in [0.29, 0.717) is 19.3 Å². The molecular weight excluding hydrogens is 1010 g/mol. The number of carbonyl (C=O) groups is 3. The zero-order valence-corrected chi connectivity index (χ0v) is 54.2. The fourth-order valence-electron chi connectivity index (χ4n) is 10.1. The largest absolute Gasteiger partial charge is 0.462 e. The number of allylic oxidation sites excluding steroid dienone is 16. The van der Waals surface area contributed by atoms with Crippen molar-refractivity contribution in [1.82, 2.24) is 0 Å². The second-order valence-electron chi connectivity index (χ2n) is 23.4. The summed E-state index contributed by atoms with van der Waals surface area (Å²) in [6.45, 7) is 6.52. The molecule has 6 nitrogen and oxygen atoms in total. The fourth-order valence-corrected chi connectivity index (χ4v) is 10.1. The third-order valence-corrected chi connectivity index (χ3v) is 15.3. The highest BCUT2D eigenvalue weighted by Gasteiger charge is 2.19. The van der Waals surface area contributed by atoms with Crippen LogP contribution in [0.3, 0.4) is 0 Å². The molecule has 472 valence electrons. The molecule has 1 unspecified atom stereocenters. The number of unbranched alkanes of at least 4 members (excludes halogenated alkanes) is 37. The number of hydrogen-bond acceptors (Lipinski definition) is 6. The maximum absolute atomic E-state index is 12.9. The van der Waals surface area contributed by atoms with Crippen LogP contribution in [0.4, 0.5) is 0 Å². The Bertz CT molecular complexity index is 1590. The molecule has 0 rings (SSSR count). The van der Waals surface area contributed by atoms with Crippen molar-refractivity contribution in [2.45, 2.75) is 354 Å². The summed E-state index contributed by atoms with van der Waals surface area (Å²) in [6, 6.07) is 0. The number of esters is 3. The van der Waals surface area contributed by atoms with Gasteiger partial charge in [-0.1, -0.05) is 330 Å². The summed E-state index contributed by atoms with van der Waals surface area (Å²) in [6.07, 6.45) is 94.4. The Morgan fingerprint density at radius 1 is 0.256 bits per heavy atom. The quantitative estimate of drug-likeness (QED) is 0.0261. The Balaban J connectivity index is 4.36. The van der Waals surface area contributed by atoms with Crippen molar-refractivity contribution in [3.8, 4) is 0 Å². The van der Waals surface area contributed by atoms with Crippen LogP contribution in [0.1, 0.15) is 348 Å². The maximum Gasteiger partial charge on any atom is 0.306 e. The average molecular weight is 1140 g/mol. The Hall–Kier alpha value is -3.67. The molecule has 82 heavy (non-hydrogen) atoms. The Morgan fingerprint density at radius 2 is 0.488 bits per heavy atom. The number of carbonyl (C=O) groups excluding carboxylic acids is 3. The Labute approximate surface area is 508 Å². The summed E-state index contributed by atoms with van der Waals surface area (Å²) >= 11 is 0. The van der Waals surface area contributed by atoms with Crippen molar-refractivity contribution in [2.24, 2.45) is 0 Å². The predicted octanol–water partition coefficient (Wildman–Crippen LogP) is 24.4. The summed E-state index contributed by atoms with van der Waals surface area (Å²) in [4.78, 5) is 38.4. The predicted molar refractivity (Wildman–Crippen MR) is 357 cm³/mol. The molecule has 0 saturated heterocycles. The first-order chi connectivity index (χ1) is 40.5. The smallest absolute Gasteiger partial charge is 0.306 e. The van der Waals surface area contributed by atoms with Crippen molar-refractivity contribution in [1.29, 1.82) is 0 Å². The van der Waals surface area contributed by atoms with Crippen molar-refractivity contribution in [3.05, 3.63) is 97.2 Å². The molecule has 0 aliphatic rings. The minimum absolute atomic E-state index is 0.0972. The van der Waals surface area contributed by atoms with Crippen molar-refractivity contribution >= 4 is 17.9 Å². The van der Waals surface area contributed by atoms with Gasteiger partial charge < -0.3 is 14.2 Å². The van der Waals surface area contributed by atoms with E-state index in [1.807, 2.05) is 0 Å². The monoisotopic (exact) mass is 1140 g/mol. The van der Waals surface area contributed by atoms with Gasteiger partial charge in [0.2, 0.25) is 0 Å². The molecule has 0 aromatic heterocycles. The Kier molecular flexibility index (Phi) is 66.7. The lowest BCUT2D eigenvalue weighted by Crippen LogP contribution is -2.30. The van der Waals surface area contributed by atoms with E-state index < -0.39 is 6.10 Å². The van der Waals surface area contributed by atoms with Gasteiger partial charge >= 0.3 is 17.9 Å². The van der Waals surface area contributed by atoms with E-state index in [1.165, 1.54) is 212 Å². The topological polar surface area (TPSA) is 78.9 Å². The van der Waals surface area contributed by atoms with Gasteiger partial charge in [0.15, 0.2) is 6.10 Å². The minimum atomic E-state index is -0.808. The number of ether oxygens (including phenoxy) is 3. The lowest BCUT2D eigenvalue weighted by molar-refractivity contribution is -0.167. The maximum atomic E-state index is 12.9. The average Bonchev–Trinajstić information content (AvgIpc) is 3.47. The molecule has 6 heteroatoms. The van der Waals surface area contributed by atoms with Crippen LogP contribution in [0, 0.1) is 0 Å². The highest BCUT2D eigenvalue weighted by Crippen LogP contribution is 2.17. The van der Waals surface area contributed by atoms with E-state index >= 15 is 0 Å². The molecule has 0 amide bonds. The molecule has 0 fully saturated rings. The van der Waals surface area contributed by atoms with E-state index in [1.54, 1.807) is 0 Å². The lowest BCUT2D eigenvalue weighted by Gasteiger charge is -2.18. The first-order valence-corrected chi connectivity index (χ1v) is 35.2. The molecular formula is C76H132O6. The molecule has 0 aromatic carbocycles. The molecule has 0 saturated carbocycles. The van der Waals surface area contributed by atoms with E-state index in [2.05, 4.69) is 118 Å². The molecule has 0 heterocycles. The normalized spacial score (nSPS) is 12.7. The summed E-state index contributed by atoms with van der Waals surface area (Å²) in [7, 11) is 0. The number of hydrogen-bond donors (Lipinski definition) is 0. The lowest BCUT2D eigenvalue weighted by atomic mass is 10.0. The summed E-state index contributed by atoms with van der Waals surface area (Å²) < 4.78 is 16.9. The van der Waals surface area contributed by atoms with Crippen LogP contribution in [-0.2, 0) is 28.6 Å². The van der Waals surface area contributed by atoms with Crippen LogP contribution in [-0.4, -0.2) is 37.2 Å². The zero-order valence-electron chi connectivity index (χ0n) is 54.2. The zero-order chi connectivity index (χ0) is 59.2. The van der Waals surface area contributed by atoms with Crippen molar-refractivity contribution in [2.75, 3.05) is 13.2 Å². The van der Waals surface area contributed by atoms with Gasteiger partial charge in [0.1, 0.15) is 13.2 Å². The molecule has 0 radical (unpaired) electrons. The van der Waals surface area contributed by atoms with Gasteiger partial charge in [-0.15, -0.1) is 0 Å². The molecule has 0 bridgehead atoms. The van der Waals surface area contributed by atoms with Crippen LogP contribution in [0.2, 0.25) is 0 Å². The molecule has 0 aliphatic heterocycles. The molecule has 1 atom stereocenters. The fraction of sp³-hybridized carbons (Fsp3) is 0.750. The third kappa shape index (κ3) is 67.1. The van der Waals surface area contributed by atoms with Gasteiger partial charge in [-0.3, -0.25) is 14.4 Å².